The van der Waals surface area contributed by atoms with E-state index in [-0.39, 0.29) is 0 Å². The number of fused-ring (bicyclic) bond motifs is 12. The first-order valence-electron chi connectivity index (χ1n) is 46.0. The van der Waals surface area contributed by atoms with Crippen molar-refractivity contribution >= 4 is 87.2 Å². The molecule has 0 bridgehead atoms. The molecule has 10 heteroatoms. The molecular weight excluding hydrogens is 1630 g/mol. The van der Waals surface area contributed by atoms with Crippen molar-refractivity contribution in [3.8, 4) is 136 Å². The van der Waals surface area contributed by atoms with Crippen LogP contribution in [0.25, 0.3) is 223 Å². The molecule has 10 nitrogen and oxygen atoms in total. The van der Waals surface area contributed by atoms with Gasteiger partial charge >= 0.3 is 0 Å². The fourth-order valence-electron chi connectivity index (χ4n) is 21.2. The van der Waals surface area contributed by atoms with Crippen molar-refractivity contribution in [3.05, 3.63) is 444 Å². The maximum atomic E-state index is 5.18. The van der Waals surface area contributed by atoms with E-state index in [0.29, 0.717) is 34.9 Å². The summed E-state index contributed by atoms with van der Waals surface area (Å²) < 4.78 is 9.51. The van der Waals surface area contributed by atoms with Gasteiger partial charge in [-0.25, -0.2) is 29.9 Å². The van der Waals surface area contributed by atoms with Crippen LogP contribution in [-0.4, -0.2) is 48.2 Å². The van der Waals surface area contributed by atoms with Crippen molar-refractivity contribution in [1.29, 1.82) is 0 Å². The Morgan fingerprint density at radius 2 is 0.321 bits per heavy atom. The molecule has 6 heterocycles. The summed E-state index contributed by atoms with van der Waals surface area (Å²) in [6.45, 7) is 21.8. The van der Waals surface area contributed by atoms with E-state index in [4.69, 9.17) is 29.9 Å². The summed E-state index contributed by atoms with van der Waals surface area (Å²) >= 11 is 0. The highest BCUT2D eigenvalue weighted by Gasteiger charge is 2.24. The van der Waals surface area contributed by atoms with Gasteiger partial charge in [-0.1, -0.05) is 278 Å². The minimum atomic E-state index is 0.622. The molecule has 0 aliphatic heterocycles. The minimum absolute atomic E-state index is 0.622. The van der Waals surface area contributed by atoms with Gasteiger partial charge in [0.1, 0.15) is 0 Å². The van der Waals surface area contributed by atoms with Crippen molar-refractivity contribution in [2.45, 2.75) is 69.2 Å². The lowest BCUT2D eigenvalue weighted by Crippen LogP contribution is -2.01. The van der Waals surface area contributed by atoms with E-state index in [0.717, 1.165) is 78.2 Å². The lowest BCUT2D eigenvalue weighted by Gasteiger charge is -2.14. The molecule has 0 saturated heterocycles. The maximum Gasteiger partial charge on any atom is 0.164 e. The van der Waals surface area contributed by atoms with Crippen LogP contribution < -0.4 is 0 Å². The van der Waals surface area contributed by atoms with Crippen LogP contribution in [0.3, 0.4) is 0 Å². The Labute approximate surface area is 778 Å². The molecule has 0 radical (unpaired) electrons. The fraction of sp³-hybridized carbons (Fsp3) is 0.0806. The van der Waals surface area contributed by atoms with Gasteiger partial charge in [-0.3, -0.25) is 0 Å². The number of nitrogens with zero attached hydrogens (tertiary/aromatic N) is 10. The number of aryl methyl sites for hydroxylation is 10. The predicted molar refractivity (Wildman–Crippen MR) is 559 cm³/mol. The van der Waals surface area contributed by atoms with Crippen LogP contribution in [0.4, 0.5) is 0 Å². The van der Waals surface area contributed by atoms with E-state index < -0.39 is 0 Å². The smallest absolute Gasteiger partial charge is 0.164 e. The van der Waals surface area contributed by atoms with Gasteiger partial charge in [-0.2, -0.15) is 0 Å². The highest BCUT2D eigenvalue weighted by molar-refractivity contribution is 6.14. The van der Waals surface area contributed by atoms with Crippen LogP contribution in [0.5, 0.6) is 0 Å². The standard InChI is InChI=1S/C63H49N5.C61H45N5/c1-38-33-40(3)59(41(4)34-38)44-19-23-46(24-20-44)61-64-62(47-25-21-45(22-26-47)60-42(5)35-39(2)36-43(60)6)66-63(65-61)48-27-29-49(30-28-48)67-57-18-12-9-15-53(57)54-37-50(31-32-58(54)67)68-55-16-10-7-13-51(55)52-14-8-11-17-56(52)68;1-38-13-11-14-39(2)57(38)42-23-27-44(28-24-42)59-62-60(45-29-25-43(26-30-45)58-40(3)15-12-16-41(58)4)64-61(63-59)46-31-33-47(34-32-46)65-55-22-10-7-19-51(55)52-37-48(35-36-56(52)65)66-53-20-8-5-17-49(53)50-18-6-9-21-54(50)66/h7-37H,1-6H3;5-37H,1-4H3. The monoisotopic (exact) mass is 1720 g/mol. The van der Waals surface area contributed by atoms with Crippen molar-refractivity contribution in [2.75, 3.05) is 0 Å². The Morgan fingerprint density at radius 1 is 0.142 bits per heavy atom. The average molecular weight is 1720 g/mol. The fourth-order valence-corrected chi connectivity index (χ4v) is 21.2. The molecule has 0 saturated carbocycles. The molecule has 0 unspecified atom stereocenters. The number of hydrogen-bond donors (Lipinski definition) is 0. The summed E-state index contributed by atoms with van der Waals surface area (Å²) in [4.78, 5) is 31.0. The van der Waals surface area contributed by atoms with E-state index in [1.165, 1.54) is 165 Å². The van der Waals surface area contributed by atoms with E-state index in [1.807, 2.05) is 0 Å². The molecule has 0 aliphatic rings. The molecule has 0 N–H and O–H groups in total. The molecule has 134 heavy (non-hydrogen) atoms. The van der Waals surface area contributed by atoms with Crippen LogP contribution >= 0.6 is 0 Å². The van der Waals surface area contributed by atoms with Crippen LogP contribution in [0.2, 0.25) is 0 Å². The van der Waals surface area contributed by atoms with Gasteiger partial charge in [0, 0.05) is 99.2 Å². The Balaban J connectivity index is 0.000000151. The molecule has 0 spiro atoms. The molecule has 0 amide bonds. The molecule has 0 fully saturated rings. The first-order valence-corrected chi connectivity index (χ1v) is 46.0. The van der Waals surface area contributed by atoms with E-state index in [9.17, 15) is 0 Å². The van der Waals surface area contributed by atoms with Gasteiger partial charge in [-0.15, -0.1) is 0 Å². The van der Waals surface area contributed by atoms with E-state index in [2.05, 4.69) is 476 Å². The Hall–Kier alpha value is -16.8. The van der Waals surface area contributed by atoms with Crippen molar-refractivity contribution < 1.29 is 0 Å². The van der Waals surface area contributed by atoms with Gasteiger partial charge in [-0.05, 0) is 280 Å². The van der Waals surface area contributed by atoms with Gasteiger partial charge in [0.05, 0.1) is 44.1 Å². The number of benzene rings is 18. The Bertz CT molecular complexity index is 8380. The summed E-state index contributed by atoms with van der Waals surface area (Å²) in [6, 6.07) is 140. The summed E-state index contributed by atoms with van der Waals surface area (Å²) in [6.07, 6.45) is 0. The van der Waals surface area contributed by atoms with Crippen LogP contribution in [0.15, 0.2) is 388 Å². The molecular formula is C124H94N10. The third kappa shape index (κ3) is 14.4. The largest absolute Gasteiger partial charge is 0.309 e. The Kier molecular flexibility index (Phi) is 20.3. The maximum absolute atomic E-state index is 5.18. The summed E-state index contributed by atoms with van der Waals surface area (Å²) in [5, 5.41) is 9.84. The van der Waals surface area contributed by atoms with Gasteiger partial charge in [0.15, 0.2) is 34.9 Å². The third-order valence-corrected chi connectivity index (χ3v) is 27.1. The quantitative estimate of drug-likeness (QED) is 0.108. The molecule has 640 valence electrons. The SMILES string of the molecule is Cc1cc(C)c(-c2ccc(-c3nc(-c4ccc(-c5c(C)cc(C)cc5C)cc4)nc(-c4ccc(-n5c6ccccc6c6cc(-n7c8ccccc8c8ccccc87)ccc65)cc4)n3)cc2)c(C)c1.Cc1cccc(C)c1-c1ccc(-c2nc(-c3ccc(-c4c(C)cccc4C)cc3)nc(-c3ccc(-n4c5ccccc5c5cc(-n6c7ccccc7c7ccccc76)ccc54)cc3)n2)cc1. The zero-order valence-corrected chi connectivity index (χ0v) is 76.4. The lowest BCUT2D eigenvalue weighted by atomic mass is 9.93. The predicted octanol–water partition coefficient (Wildman–Crippen LogP) is 31.9. The number of aromatic nitrogens is 10. The normalized spacial score (nSPS) is 11.7. The van der Waals surface area contributed by atoms with Gasteiger partial charge in [0.25, 0.3) is 0 Å². The second-order valence-corrected chi connectivity index (χ2v) is 35.9. The average Bonchev–Trinajstić information content (AvgIpc) is 1.58. The number of rotatable bonds is 14. The zero-order valence-electron chi connectivity index (χ0n) is 76.4. The second-order valence-electron chi connectivity index (χ2n) is 35.9. The van der Waals surface area contributed by atoms with Crippen LogP contribution in [-0.2, 0) is 0 Å². The summed E-state index contributed by atoms with van der Waals surface area (Å²) in [5.74, 6) is 3.78. The lowest BCUT2D eigenvalue weighted by molar-refractivity contribution is 1.07. The first-order chi connectivity index (χ1) is 65.5. The second kappa shape index (κ2) is 33.3. The highest BCUT2D eigenvalue weighted by Crippen LogP contribution is 2.44. The van der Waals surface area contributed by atoms with Crippen molar-refractivity contribution in [3.63, 3.8) is 0 Å². The third-order valence-electron chi connectivity index (χ3n) is 27.1. The summed E-state index contributed by atoms with van der Waals surface area (Å²) in [7, 11) is 0. The summed E-state index contributed by atoms with van der Waals surface area (Å²) in [5.41, 5.74) is 41.8. The number of para-hydroxylation sites is 6. The molecule has 18 aromatic carbocycles. The van der Waals surface area contributed by atoms with Gasteiger partial charge in [0.2, 0.25) is 0 Å². The Morgan fingerprint density at radius 3 is 0.560 bits per heavy atom. The van der Waals surface area contributed by atoms with E-state index in [1.54, 1.807) is 0 Å². The van der Waals surface area contributed by atoms with Gasteiger partial charge < -0.3 is 18.3 Å². The minimum Gasteiger partial charge on any atom is -0.309 e. The molecule has 24 rings (SSSR count). The zero-order chi connectivity index (χ0) is 90.7. The molecule has 0 atom stereocenters. The van der Waals surface area contributed by atoms with E-state index >= 15 is 0 Å². The van der Waals surface area contributed by atoms with Crippen molar-refractivity contribution in [1.82, 2.24) is 48.2 Å². The molecule has 6 aromatic heterocycles. The first kappa shape index (κ1) is 81.7. The topological polar surface area (TPSA) is 97.1 Å². The van der Waals surface area contributed by atoms with Crippen molar-refractivity contribution in [2.24, 2.45) is 0 Å². The molecule has 0 aliphatic carbocycles. The highest BCUT2D eigenvalue weighted by atomic mass is 15.1. The van der Waals surface area contributed by atoms with Crippen LogP contribution in [0, 0.1) is 69.2 Å². The van der Waals surface area contributed by atoms with Crippen LogP contribution in [0.1, 0.15) is 55.6 Å². The molecule has 24 aromatic rings. The number of hydrogen-bond acceptors (Lipinski definition) is 6.